The molecule has 0 saturated heterocycles. The number of carbonyl (C=O) groups excluding carboxylic acids is 1. The molecule has 0 aliphatic carbocycles. The van der Waals surface area contributed by atoms with E-state index in [0.717, 1.165) is 11.3 Å². The maximum Gasteiger partial charge on any atom is 0.262 e. The van der Waals surface area contributed by atoms with Gasteiger partial charge in [-0.3, -0.25) is 4.79 Å². The Bertz CT molecular complexity index is 1020. The van der Waals surface area contributed by atoms with E-state index in [0.29, 0.717) is 12.2 Å². The van der Waals surface area contributed by atoms with Crippen LogP contribution >= 0.6 is 0 Å². The van der Waals surface area contributed by atoms with Crippen LogP contribution in [0.5, 0.6) is 5.75 Å². The van der Waals surface area contributed by atoms with E-state index in [1.165, 1.54) is 0 Å². The van der Waals surface area contributed by atoms with Crippen molar-refractivity contribution >= 4 is 21.6 Å². The minimum Gasteiger partial charge on any atom is -0.484 e. The van der Waals surface area contributed by atoms with Crippen LogP contribution < -0.4 is 14.8 Å². The molecule has 7 heteroatoms. The van der Waals surface area contributed by atoms with Crippen LogP contribution in [0.4, 0.5) is 5.69 Å². The monoisotopic (exact) mass is 410 g/mol. The van der Waals surface area contributed by atoms with E-state index in [9.17, 15) is 13.2 Å². The number of rotatable bonds is 9. The van der Waals surface area contributed by atoms with Crippen LogP contribution in [-0.4, -0.2) is 27.5 Å². The second-order valence-corrected chi connectivity index (χ2v) is 8.07. The van der Waals surface area contributed by atoms with Gasteiger partial charge in [-0.05, 0) is 48.4 Å². The highest BCUT2D eigenvalue weighted by molar-refractivity contribution is 7.89. The van der Waals surface area contributed by atoms with Gasteiger partial charge in [-0.25, -0.2) is 13.1 Å². The van der Waals surface area contributed by atoms with E-state index in [4.69, 9.17) is 4.74 Å². The first-order valence-electron chi connectivity index (χ1n) is 9.14. The fourth-order valence-electron chi connectivity index (χ4n) is 2.63. The Labute approximate surface area is 170 Å². The summed E-state index contributed by atoms with van der Waals surface area (Å²) in [6.07, 6.45) is 0.542. The largest absolute Gasteiger partial charge is 0.484 e. The Hall–Kier alpha value is -3.16. The molecule has 150 valence electrons. The van der Waals surface area contributed by atoms with Crippen LogP contribution in [0.1, 0.15) is 5.56 Å². The fourth-order valence-corrected chi connectivity index (χ4v) is 3.69. The Kier molecular flexibility index (Phi) is 6.99. The molecule has 3 aromatic carbocycles. The number of hydrogen-bond donors (Lipinski definition) is 2. The molecule has 0 atom stereocenters. The lowest BCUT2D eigenvalue weighted by Gasteiger charge is -2.09. The Morgan fingerprint density at radius 1 is 0.828 bits per heavy atom. The van der Waals surface area contributed by atoms with Crippen molar-refractivity contribution in [2.24, 2.45) is 0 Å². The quantitative estimate of drug-likeness (QED) is 0.567. The molecule has 2 N–H and O–H groups in total. The van der Waals surface area contributed by atoms with E-state index in [1.807, 2.05) is 30.3 Å². The van der Waals surface area contributed by atoms with Gasteiger partial charge in [0.15, 0.2) is 6.61 Å². The Morgan fingerprint density at radius 2 is 1.45 bits per heavy atom. The molecule has 1 amide bonds. The molecule has 0 heterocycles. The minimum absolute atomic E-state index is 0.0921. The summed E-state index contributed by atoms with van der Waals surface area (Å²) in [4.78, 5) is 12.2. The van der Waals surface area contributed by atoms with Crippen LogP contribution in [0.15, 0.2) is 89.8 Å². The van der Waals surface area contributed by atoms with Crippen molar-refractivity contribution in [3.63, 3.8) is 0 Å². The molecule has 29 heavy (non-hydrogen) atoms. The van der Waals surface area contributed by atoms with Crippen molar-refractivity contribution in [3.8, 4) is 5.75 Å². The number of anilines is 1. The molecule has 0 aromatic heterocycles. The van der Waals surface area contributed by atoms with Gasteiger partial charge in [0.1, 0.15) is 5.75 Å². The molecule has 6 nitrogen and oxygen atoms in total. The second-order valence-electron chi connectivity index (χ2n) is 6.31. The zero-order chi connectivity index (χ0) is 20.5. The topological polar surface area (TPSA) is 84.5 Å². The third-order valence-corrected chi connectivity index (χ3v) is 5.59. The highest BCUT2D eigenvalue weighted by Crippen LogP contribution is 2.13. The van der Waals surface area contributed by atoms with Gasteiger partial charge in [0.25, 0.3) is 5.91 Å². The van der Waals surface area contributed by atoms with Gasteiger partial charge in [-0.2, -0.15) is 0 Å². The first-order valence-corrected chi connectivity index (χ1v) is 10.6. The summed E-state index contributed by atoms with van der Waals surface area (Å²) in [6.45, 7) is 0.196. The van der Waals surface area contributed by atoms with Gasteiger partial charge in [-0.1, -0.05) is 48.5 Å². The average Bonchev–Trinajstić information content (AvgIpc) is 2.74. The molecule has 0 unspecified atom stereocenters. The number of amides is 1. The van der Waals surface area contributed by atoms with Crippen LogP contribution in [0, 0.1) is 0 Å². The maximum absolute atomic E-state index is 12.2. The predicted octanol–water partition coefficient (Wildman–Crippen LogP) is 3.23. The summed E-state index contributed by atoms with van der Waals surface area (Å²) in [5.41, 5.74) is 1.68. The van der Waals surface area contributed by atoms with Crippen molar-refractivity contribution in [1.82, 2.24) is 4.72 Å². The standard InChI is InChI=1S/C22H22N2O4S/c25-22(24-19-7-3-1-4-8-19)17-28-20-13-11-18(12-14-20)15-16-23-29(26,27)21-9-5-2-6-10-21/h1-14,23H,15-17H2,(H,24,25). The van der Waals surface area contributed by atoms with E-state index >= 15 is 0 Å². The number of carbonyl (C=O) groups is 1. The summed E-state index contributed by atoms with van der Waals surface area (Å²) in [5, 5.41) is 2.75. The van der Waals surface area contributed by atoms with Crippen LogP contribution in [0.25, 0.3) is 0 Å². The molecular formula is C22H22N2O4S. The lowest BCUT2D eigenvalue weighted by Crippen LogP contribution is -2.25. The Balaban J connectivity index is 1.43. The lowest BCUT2D eigenvalue weighted by molar-refractivity contribution is -0.118. The summed E-state index contributed by atoms with van der Waals surface area (Å²) in [7, 11) is -3.50. The summed E-state index contributed by atoms with van der Waals surface area (Å²) >= 11 is 0. The van der Waals surface area contributed by atoms with Gasteiger partial charge in [0.2, 0.25) is 10.0 Å². The zero-order valence-corrected chi connectivity index (χ0v) is 16.6. The van der Waals surface area contributed by atoms with Gasteiger partial charge in [0.05, 0.1) is 4.90 Å². The maximum atomic E-state index is 12.2. The predicted molar refractivity (Wildman–Crippen MR) is 112 cm³/mol. The third-order valence-electron chi connectivity index (χ3n) is 4.11. The van der Waals surface area contributed by atoms with Crippen molar-refractivity contribution in [3.05, 3.63) is 90.5 Å². The van der Waals surface area contributed by atoms with E-state index < -0.39 is 10.0 Å². The van der Waals surface area contributed by atoms with E-state index in [1.54, 1.807) is 54.6 Å². The zero-order valence-electron chi connectivity index (χ0n) is 15.7. The minimum atomic E-state index is -3.50. The number of hydrogen-bond acceptors (Lipinski definition) is 4. The molecule has 0 saturated carbocycles. The lowest BCUT2D eigenvalue weighted by atomic mass is 10.1. The van der Waals surface area contributed by atoms with Crippen molar-refractivity contribution in [2.45, 2.75) is 11.3 Å². The molecular weight excluding hydrogens is 388 g/mol. The highest BCUT2D eigenvalue weighted by atomic mass is 32.2. The average molecular weight is 410 g/mol. The molecule has 3 aromatic rings. The smallest absolute Gasteiger partial charge is 0.262 e. The van der Waals surface area contributed by atoms with Gasteiger partial charge in [0, 0.05) is 12.2 Å². The second kappa shape index (κ2) is 9.86. The molecule has 0 aliphatic rings. The van der Waals surface area contributed by atoms with Gasteiger partial charge in [-0.15, -0.1) is 0 Å². The Morgan fingerprint density at radius 3 is 2.10 bits per heavy atom. The van der Waals surface area contributed by atoms with Crippen LogP contribution in [-0.2, 0) is 21.2 Å². The molecule has 3 rings (SSSR count). The highest BCUT2D eigenvalue weighted by Gasteiger charge is 2.12. The number of ether oxygens (including phenoxy) is 1. The van der Waals surface area contributed by atoms with E-state index in [2.05, 4.69) is 10.0 Å². The molecule has 0 bridgehead atoms. The summed E-state index contributed by atoms with van der Waals surface area (Å²) in [6, 6.07) is 24.7. The number of benzene rings is 3. The van der Waals surface area contributed by atoms with Gasteiger partial charge < -0.3 is 10.1 Å². The first-order chi connectivity index (χ1) is 14.0. The van der Waals surface area contributed by atoms with Crippen LogP contribution in [0.2, 0.25) is 0 Å². The van der Waals surface area contributed by atoms with E-state index in [-0.39, 0.29) is 24.0 Å². The van der Waals surface area contributed by atoms with Gasteiger partial charge >= 0.3 is 0 Å². The number of nitrogens with one attached hydrogen (secondary N) is 2. The normalized spacial score (nSPS) is 11.0. The van der Waals surface area contributed by atoms with Crippen molar-refractivity contribution in [1.29, 1.82) is 0 Å². The fraction of sp³-hybridized carbons (Fsp3) is 0.136. The first kappa shape index (κ1) is 20.6. The molecule has 0 spiro atoms. The summed E-state index contributed by atoms with van der Waals surface area (Å²) < 4.78 is 32.5. The number of para-hydroxylation sites is 1. The third kappa shape index (κ3) is 6.44. The SMILES string of the molecule is O=C(COc1ccc(CCNS(=O)(=O)c2ccccc2)cc1)Nc1ccccc1. The van der Waals surface area contributed by atoms with Crippen LogP contribution in [0.3, 0.4) is 0 Å². The van der Waals surface area contributed by atoms with Crippen molar-refractivity contribution in [2.75, 3.05) is 18.5 Å². The summed E-state index contributed by atoms with van der Waals surface area (Å²) in [5.74, 6) is 0.331. The van der Waals surface area contributed by atoms with Crippen molar-refractivity contribution < 1.29 is 17.9 Å². The number of sulfonamides is 1. The molecule has 0 fully saturated rings. The molecule has 0 radical (unpaired) electrons. The molecule has 0 aliphatic heterocycles.